The van der Waals surface area contributed by atoms with Gasteiger partial charge in [-0.05, 0) is 32.8 Å². The molecule has 0 aliphatic carbocycles. The van der Waals surface area contributed by atoms with Crippen LogP contribution in [0.5, 0.6) is 0 Å². The lowest BCUT2D eigenvalue weighted by Crippen LogP contribution is -2.29. The monoisotopic (exact) mass is 321 g/mol. The third-order valence-corrected chi connectivity index (χ3v) is 4.28. The van der Waals surface area contributed by atoms with E-state index in [4.69, 9.17) is 14.7 Å². The highest BCUT2D eigenvalue weighted by atomic mass is 32.1. The molecule has 0 spiro atoms. The average Bonchev–Trinajstić information content (AvgIpc) is 3.18. The number of hydrogen-bond donors (Lipinski definition) is 2. The molecule has 118 valence electrons. The van der Waals surface area contributed by atoms with E-state index in [0.29, 0.717) is 23.8 Å². The molecule has 1 aliphatic rings. The highest BCUT2D eigenvalue weighted by Gasteiger charge is 2.16. The molecule has 0 saturated carbocycles. The van der Waals surface area contributed by atoms with Gasteiger partial charge in [0.1, 0.15) is 11.2 Å². The first-order valence-corrected chi connectivity index (χ1v) is 8.00. The van der Waals surface area contributed by atoms with Crippen molar-refractivity contribution in [3.63, 3.8) is 0 Å². The van der Waals surface area contributed by atoms with Crippen molar-refractivity contribution in [1.29, 1.82) is 5.41 Å². The molecular weight excluding hydrogens is 302 g/mol. The van der Waals surface area contributed by atoms with Gasteiger partial charge in [0.2, 0.25) is 5.96 Å². The summed E-state index contributed by atoms with van der Waals surface area (Å²) in [7, 11) is 0. The van der Waals surface area contributed by atoms with E-state index in [0.717, 1.165) is 30.1 Å². The number of nitrogens with one attached hydrogen (secondary N) is 2. The van der Waals surface area contributed by atoms with Crippen molar-refractivity contribution in [1.82, 2.24) is 9.11 Å². The van der Waals surface area contributed by atoms with Gasteiger partial charge < -0.3 is 14.6 Å². The predicted octanol–water partition coefficient (Wildman–Crippen LogP) is 2.13. The van der Waals surface area contributed by atoms with Crippen LogP contribution >= 0.6 is 11.5 Å². The van der Waals surface area contributed by atoms with Crippen molar-refractivity contribution >= 4 is 23.3 Å². The van der Waals surface area contributed by atoms with Crippen LogP contribution in [0.2, 0.25) is 0 Å². The van der Waals surface area contributed by atoms with Gasteiger partial charge in [-0.2, -0.15) is 0 Å². The first kappa shape index (κ1) is 15.0. The number of aromatic nitrogens is 2. The van der Waals surface area contributed by atoms with Gasteiger partial charge in [0, 0.05) is 17.6 Å². The van der Waals surface area contributed by atoms with E-state index in [9.17, 15) is 0 Å². The fourth-order valence-corrected chi connectivity index (χ4v) is 3.09. The standard InChI is InChI=1S/C14H19N5O2S/c1-9-6-13(18-21-9)17-14(16-8-11-4-3-5-20-11)19-12(15)7-10(2)22-19/h6-7,11,15H,3-5,8H2,1-2H3,(H,16,17,18). The summed E-state index contributed by atoms with van der Waals surface area (Å²) < 4.78 is 12.4. The van der Waals surface area contributed by atoms with E-state index in [1.807, 2.05) is 19.9 Å². The number of ether oxygens (including phenoxy) is 1. The fraction of sp³-hybridized carbons (Fsp3) is 0.500. The van der Waals surface area contributed by atoms with Crippen LogP contribution in [-0.4, -0.2) is 34.3 Å². The molecule has 2 aromatic rings. The number of anilines is 1. The van der Waals surface area contributed by atoms with E-state index in [-0.39, 0.29) is 6.10 Å². The molecule has 2 N–H and O–H groups in total. The van der Waals surface area contributed by atoms with Crippen LogP contribution in [-0.2, 0) is 4.74 Å². The van der Waals surface area contributed by atoms with E-state index < -0.39 is 0 Å². The molecule has 3 heterocycles. The molecule has 1 fully saturated rings. The fourth-order valence-electron chi connectivity index (χ4n) is 2.30. The van der Waals surface area contributed by atoms with Gasteiger partial charge in [0.05, 0.1) is 12.6 Å². The molecule has 22 heavy (non-hydrogen) atoms. The van der Waals surface area contributed by atoms with Crippen molar-refractivity contribution in [2.75, 3.05) is 18.5 Å². The zero-order valence-electron chi connectivity index (χ0n) is 12.6. The Hall–Kier alpha value is -1.93. The summed E-state index contributed by atoms with van der Waals surface area (Å²) in [5.41, 5.74) is 0.390. The third kappa shape index (κ3) is 3.45. The predicted molar refractivity (Wildman–Crippen MR) is 84.4 cm³/mol. The Morgan fingerprint density at radius 1 is 1.55 bits per heavy atom. The van der Waals surface area contributed by atoms with Crippen LogP contribution < -0.4 is 10.8 Å². The highest BCUT2D eigenvalue weighted by molar-refractivity contribution is 7.07. The maximum absolute atomic E-state index is 8.06. The summed E-state index contributed by atoms with van der Waals surface area (Å²) >= 11 is 1.47. The molecule has 1 atom stereocenters. The lowest BCUT2D eigenvalue weighted by molar-refractivity contribution is 0.118. The largest absolute Gasteiger partial charge is 0.376 e. The quantitative estimate of drug-likeness (QED) is 0.669. The number of rotatable bonds is 3. The lowest BCUT2D eigenvalue weighted by atomic mass is 10.2. The minimum atomic E-state index is 0.159. The van der Waals surface area contributed by atoms with Gasteiger partial charge in [0.15, 0.2) is 5.82 Å². The van der Waals surface area contributed by atoms with Gasteiger partial charge in [-0.25, -0.2) is 8.95 Å². The van der Waals surface area contributed by atoms with E-state index >= 15 is 0 Å². The van der Waals surface area contributed by atoms with Crippen LogP contribution in [0.4, 0.5) is 5.82 Å². The number of aliphatic imine (C=N–C) groups is 1. The van der Waals surface area contributed by atoms with Crippen LogP contribution in [0, 0.1) is 19.3 Å². The summed E-state index contributed by atoms with van der Waals surface area (Å²) in [4.78, 5) is 5.66. The molecular formula is C14H19N5O2S. The minimum Gasteiger partial charge on any atom is -0.376 e. The molecule has 0 aromatic carbocycles. The second kappa shape index (κ2) is 6.45. The van der Waals surface area contributed by atoms with Gasteiger partial charge in [0.25, 0.3) is 0 Å². The Bertz CT molecular complexity index is 724. The smallest absolute Gasteiger partial charge is 0.219 e. The molecule has 1 aliphatic heterocycles. The summed E-state index contributed by atoms with van der Waals surface area (Å²) in [6, 6.07) is 3.61. The molecule has 1 saturated heterocycles. The van der Waals surface area contributed by atoms with Gasteiger partial charge >= 0.3 is 0 Å². The highest BCUT2D eigenvalue weighted by Crippen LogP contribution is 2.13. The Balaban J connectivity index is 1.85. The summed E-state index contributed by atoms with van der Waals surface area (Å²) in [5, 5.41) is 15.1. The Morgan fingerprint density at radius 2 is 2.41 bits per heavy atom. The van der Waals surface area contributed by atoms with Gasteiger partial charge in [-0.3, -0.25) is 5.41 Å². The molecule has 1 unspecified atom stereocenters. The van der Waals surface area contributed by atoms with Crippen LogP contribution in [0.25, 0.3) is 0 Å². The zero-order chi connectivity index (χ0) is 15.5. The van der Waals surface area contributed by atoms with Crippen LogP contribution in [0.15, 0.2) is 21.6 Å². The molecule has 3 rings (SSSR count). The van der Waals surface area contributed by atoms with E-state index in [1.165, 1.54) is 11.5 Å². The minimum absolute atomic E-state index is 0.159. The number of aryl methyl sites for hydroxylation is 2. The summed E-state index contributed by atoms with van der Waals surface area (Å²) in [6.45, 7) is 5.18. The van der Waals surface area contributed by atoms with Crippen molar-refractivity contribution in [2.45, 2.75) is 32.8 Å². The molecule has 0 radical (unpaired) electrons. The number of hydrogen-bond acceptors (Lipinski definition) is 6. The lowest BCUT2D eigenvalue weighted by Gasteiger charge is -2.10. The summed E-state index contributed by atoms with van der Waals surface area (Å²) in [5.74, 6) is 1.88. The Labute approximate surface area is 132 Å². The SMILES string of the molecule is Cc1cc(NC(=NCC2CCCO2)n2sc(C)cc2=N)no1. The molecule has 7 nitrogen and oxygen atoms in total. The first-order chi connectivity index (χ1) is 10.6. The molecule has 0 bridgehead atoms. The average molecular weight is 321 g/mol. The van der Waals surface area contributed by atoms with E-state index in [2.05, 4.69) is 15.5 Å². The Kier molecular flexibility index (Phi) is 4.39. The topological polar surface area (TPSA) is 88.4 Å². The summed E-state index contributed by atoms with van der Waals surface area (Å²) in [6.07, 6.45) is 2.27. The first-order valence-electron chi connectivity index (χ1n) is 7.23. The van der Waals surface area contributed by atoms with Gasteiger partial charge in [-0.15, -0.1) is 0 Å². The van der Waals surface area contributed by atoms with E-state index in [1.54, 1.807) is 10.0 Å². The molecule has 8 heteroatoms. The van der Waals surface area contributed by atoms with Gasteiger partial charge in [-0.1, -0.05) is 16.7 Å². The van der Waals surface area contributed by atoms with Crippen LogP contribution in [0.3, 0.4) is 0 Å². The van der Waals surface area contributed by atoms with Crippen molar-refractivity contribution in [3.8, 4) is 0 Å². The Morgan fingerprint density at radius 3 is 3.00 bits per heavy atom. The number of nitrogens with zero attached hydrogens (tertiary/aromatic N) is 3. The molecule has 0 amide bonds. The van der Waals surface area contributed by atoms with Crippen molar-refractivity contribution in [2.24, 2.45) is 4.99 Å². The van der Waals surface area contributed by atoms with Crippen molar-refractivity contribution in [3.05, 3.63) is 28.3 Å². The van der Waals surface area contributed by atoms with Crippen molar-refractivity contribution < 1.29 is 9.26 Å². The van der Waals surface area contributed by atoms with Crippen LogP contribution in [0.1, 0.15) is 23.5 Å². The molecule has 2 aromatic heterocycles. The zero-order valence-corrected chi connectivity index (χ0v) is 13.4. The second-order valence-corrected chi connectivity index (χ2v) is 6.46. The maximum atomic E-state index is 8.06. The second-order valence-electron chi connectivity index (χ2n) is 5.27. The normalized spacial score (nSPS) is 18.8. The maximum Gasteiger partial charge on any atom is 0.219 e. The third-order valence-electron chi connectivity index (χ3n) is 3.32.